The topological polar surface area (TPSA) is 67.9 Å². The molecule has 1 aliphatic heterocycles. The number of hydrogen-bond donors (Lipinski definition) is 1. The molecule has 0 radical (unpaired) electrons. The van der Waals surface area contributed by atoms with Gasteiger partial charge in [-0.15, -0.1) is 0 Å². The number of fused-ring (bicyclic) bond motifs is 1. The molecular weight excluding hydrogens is 483 g/mol. The third kappa shape index (κ3) is 5.27. The summed E-state index contributed by atoms with van der Waals surface area (Å²) >= 11 is 0. The van der Waals surface area contributed by atoms with Crippen molar-refractivity contribution in [3.05, 3.63) is 131 Å². The Morgan fingerprint density at radius 2 is 1.61 bits per heavy atom. The summed E-state index contributed by atoms with van der Waals surface area (Å²) in [7, 11) is 1.59. The van der Waals surface area contributed by atoms with Gasteiger partial charge in [-0.05, 0) is 48.0 Å². The van der Waals surface area contributed by atoms with Crippen LogP contribution in [-0.2, 0) is 17.9 Å². The van der Waals surface area contributed by atoms with E-state index >= 15 is 0 Å². The molecule has 0 unspecified atom stereocenters. The van der Waals surface area contributed by atoms with E-state index in [9.17, 15) is 14.0 Å². The lowest BCUT2D eigenvalue weighted by atomic mass is 10.1. The molecule has 38 heavy (non-hydrogen) atoms. The summed E-state index contributed by atoms with van der Waals surface area (Å²) in [6.07, 6.45) is 1.61. The number of hydrogen-bond acceptors (Lipinski definition) is 4. The molecule has 190 valence electrons. The van der Waals surface area contributed by atoms with Crippen LogP contribution in [0, 0.1) is 5.82 Å². The summed E-state index contributed by atoms with van der Waals surface area (Å²) in [6, 6.07) is 27.9. The first kappa shape index (κ1) is 24.8. The van der Waals surface area contributed by atoms with Gasteiger partial charge in [0.05, 0.1) is 19.3 Å². The van der Waals surface area contributed by atoms with E-state index in [4.69, 9.17) is 9.47 Å². The second kappa shape index (κ2) is 11.0. The average Bonchev–Trinajstić information content (AvgIpc) is 2.95. The highest BCUT2D eigenvalue weighted by atomic mass is 19.1. The molecule has 1 aliphatic rings. The number of anilines is 1. The molecule has 0 spiro atoms. The van der Waals surface area contributed by atoms with Crippen molar-refractivity contribution in [2.45, 2.75) is 13.1 Å². The van der Waals surface area contributed by atoms with Gasteiger partial charge in [-0.25, -0.2) is 4.39 Å². The van der Waals surface area contributed by atoms with Crippen LogP contribution in [0.1, 0.15) is 27.0 Å². The third-order valence-corrected chi connectivity index (χ3v) is 6.22. The fraction of sp³-hybridized carbons (Fsp3) is 0.0968. The molecule has 0 atom stereocenters. The SMILES string of the molecule is COc1ccccc1CNC(=O)c1ccc(/C=C2\Oc3ccccc3N(Cc3ccccc3F)C2=O)cc1. The summed E-state index contributed by atoms with van der Waals surface area (Å²) in [5, 5.41) is 2.89. The van der Waals surface area contributed by atoms with Gasteiger partial charge in [-0.1, -0.05) is 60.7 Å². The summed E-state index contributed by atoms with van der Waals surface area (Å²) in [5.74, 6) is 0.318. The van der Waals surface area contributed by atoms with Crippen molar-refractivity contribution in [2.24, 2.45) is 0 Å². The highest BCUT2D eigenvalue weighted by Crippen LogP contribution is 2.36. The number of carbonyl (C=O) groups excluding carboxylic acids is 2. The minimum Gasteiger partial charge on any atom is -0.496 e. The lowest BCUT2D eigenvalue weighted by Crippen LogP contribution is -2.37. The normalized spacial score (nSPS) is 13.6. The van der Waals surface area contributed by atoms with Gasteiger partial charge in [0.1, 0.15) is 11.6 Å². The third-order valence-electron chi connectivity index (χ3n) is 6.22. The zero-order valence-electron chi connectivity index (χ0n) is 20.7. The number of amides is 2. The van der Waals surface area contributed by atoms with E-state index in [1.165, 1.54) is 11.0 Å². The highest BCUT2D eigenvalue weighted by Gasteiger charge is 2.30. The van der Waals surface area contributed by atoms with Crippen LogP contribution in [0.15, 0.2) is 103 Å². The fourth-order valence-electron chi connectivity index (χ4n) is 4.22. The van der Waals surface area contributed by atoms with Crippen molar-refractivity contribution in [1.29, 1.82) is 0 Å². The van der Waals surface area contributed by atoms with E-state index in [0.29, 0.717) is 40.4 Å². The number of rotatable bonds is 7. The second-order valence-corrected chi connectivity index (χ2v) is 8.68. The van der Waals surface area contributed by atoms with Crippen molar-refractivity contribution in [1.82, 2.24) is 5.32 Å². The molecule has 1 heterocycles. The molecule has 0 saturated heterocycles. The van der Waals surface area contributed by atoms with E-state index in [1.54, 1.807) is 73.8 Å². The molecule has 6 nitrogen and oxygen atoms in total. The van der Waals surface area contributed by atoms with Gasteiger partial charge < -0.3 is 14.8 Å². The van der Waals surface area contributed by atoms with Crippen molar-refractivity contribution in [3.8, 4) is 11.5 Å². The lowest BCUT2D eigenvalue weighted by molar-refractivity contribution is -0.117. The predicted molar refractivity (Wildman–Crippen MR) is 143 cm³/mol. The summed E-state index contributed by atoms with van der Waals surface area (Å²) in [5.41, 5.74) is 3.00. The Bertz CT molecular complexity index is 1510. The minimum absolute atomic E-state index is 0.0640. The summed E-state index contributed by atoms with van der Waals surface area (Å²) in [4.78, 5) is 27.6. The maximum Gasteiger partial charge on any atom is 0.294 e. The van der Waals surface area contributed by atoms with Crippen LogP contribution in [0.4, 0.5) is 10.1 Å². The van der Waals surface area contributed by atoms with Gasteiger partial charge in [0.15, 0.2) is 11.5 Å². The van der Waals surface area contributed by atoms with E-state index in [1.807, 2.05) is 30.3 Å². The second-order valence-electron chi connectivity index (χ2n) is 8.68. The number of para-hydroxylation sites is 3. The molecule has 4 aromatic carbocycles. The van der Waals surface area contributed by atoms with E-state index < -0.39 is 0 Å². The quantitative estimate of drug-likeness (QED) is 0.324. The van der Waals surface area contributed by atoms with Gasteiger partial charge in [0.25, 0.3) is 11.8 Å². The van der Waals surface area contributed by atoms with Gasteiger partial charge in [-0.3, -0.25) is 14.5 Å². The predicted octanol–water partition coefficient (Wildman–Crippen LogP) is 5.73. The Kier molecular flexibility index (Phi) is 7.17. The van der Waals surface area contributed by atoms with Crippen LogP contribution in [0.2, 0.25) is 0 Å². The molecule has 0 aromatic heterocycles. The number of halogens is 1. The summed E-state index contributed by atoms with van der Waals surface area (Å²) < 4.78 is 25.6. The zero-order chi connectivity index (χ0) is 26.5. The van der Waals surface area contributed by atoms with E-state index in [2.05, 4.69) is 5.32 Å². The van der Waals surface area contributed by atoms with Crippen LogP contribution in [0.25, 0.3) is 6.08 Å². The molecule has 5 rings (SSSR count). The van der Waals surface area contributed by atoms with Gasteiger partial charge in [0, 0.05) is 23.2 Å². The number of nitrogens with zero attached hydrogens (tertiary/aromatic N) is 1. The zero-order valence-corrected chi connectivity index (χ0v) is 20.7. The van der Waals surface area contributed by atoms with Crippen LogP contribution in [0.5, 0.6) is 11.5 Å². The molecule has 0 fully saturated rings. The van der Waals surface area contributed by atoms with Crippen LogP contribution >= 0.6 is 0 Å². The van der Waals surface area contributed by atoms with Gasteiger partial charge >= 0.3 is 0 Å². The Labute approximate surface area is 219 Å². The molecule has 0 aliphatic carbocycles. The number of nitrogens with one attached hydrogen (secondary N) is 1. The standard InChI is InChI=1S/C31H25FN2O4/c1-37-27-12-6-3-8-23(27)19-33-30(35)22-16-14-21(15-17-22)18-29-31(36)34(20-24-9-2-4-10-25(24)32)26-11-5-7-13-28(26)38-29/h2-18H,19-20H2,1H3,(H,33,35)/b29-18-. The van der Waals surface area contributed by atoms with Crippen molar-refractivity contribution in [3.63, 3.8) is 0 Å². The number of carbonyl (C=O) groups is 2. The Morgan fingerprint density at radius 1 is 0.921 bits per heavy atom. The largest absolute Gasteiger partial charge is 0.496 e. The van der Waals surface area contributed by atoms with Crippen molar-refractivity contribution < 1.29 is 23.5 Å². The molecule has 7 heteroatoms. The van der Waals surface area contributed by atoms with Gasteiger partial charge in [0.2, 0.25) is 0 Å². The molecule has 1 N–H and O–H groups in total. The van der Waals surface area contributed by atoms with Crippen LogP contribution < -0.4 is 19.7 Å². The van der Waals surface area contributed by atoms with E-state index in [-0.39, 0.29) is 29.9 Å². The number of ether oxygens (including phenoxy) is 2. The van der Waals surface area contributed by atoms with Crippen LogP contribution in [-0.4, -0.2) is 18.9 Å². The monoisotopic (exact) mass is 508 g/mol. The van der Waals surface area contributed by atoms with Crippen molar-refractivity contribution in [2.75, 3.05) is 12.0 Å². The smallest absolute Gasteiger partial charge is 0.294 e. The maximum atomic E-state index is 14.4. The molecule has 4 aromatic rings. The number of methoxy groups -OCH3 is 1. The molecule has 0 bridgehead atoms. The first-order chi connectivity index (χ1) is 18.5. The maximum absolute atomic E-state index is 14.4. The lowest BCUT2D eigenvalue weighted by Gasteiger charge is -2.30. The molecule has 2 amide bonds. The van der Waals surface area contributed by atoms with Gasteiger partial charge in [-0.2, -0.15) is 0 Å². The highest BCUT2D eigenvalue weighted by molar-refractivity contribution is 6.09. The summed E-state index contributed by atoms with van der Waals surface area (Å²) in [6.45, 7) is 0.392. The molecule has 0 saturated carbocycles. The first-order valence-corrected chi connectivity index (χ1v) is 12.1. The van der Waals surface area contributed by atoms with Crippen molar-refractivity contribution >= 4 is 23.6 Å². The number of benzene rings is 4. The Hall–Kier alpha value is -4.91. The first-order valence-electron chi connectivity index (χ1n) is 12.1. The fourth-order valence-corrected chi connectivity index (χ4v) is 4.22. The van der Waals surface area contributed by atoms with E-state index in [0.717, 1.165) is 5.56 Å². The van der Waals surface area contributed by atoms with Crippen LogP contribution in [0.3, 0.4) is 0 Å². The Morgan fingerprint density at radius 3 is 2.37 bits per heavy atom. The minimum atomic E-state index is -0.384. The molecular formula is C31H25FN2O4. The Balaban J connectivity index is 1.34. The average molecular weight is 509 g/mol.